The summed E-state index contributed by atoms with van der Waals surface area (Å²) in [4.78, 5) is -1.05. The Hall–Kier alpha value is -2.15. The average Bonchev–Trinajstić information content (AvgIpc) is 2.31. The highest BCUT2D eigenvalue weighted by Gasteiger charge is 2.24. The number of nitrogens with two attached hydrogens (primary N) is 1. The summed E-state index contributed by atoms with van der Waals surface area (Å²) in [7, 11) is -4.38. The molecular formula is C14H14F2N2O2S. The molecule has 4 nitrogen and oxygen atoms in total. The van der Waals surface area contributed by atoms with Gasteiger partial charge in [-0.2, -0.15) is 0 Å². The number of hydrogen-bond donors (Lipinski definition) is 2. The van der Waals surface area contributed by atoms with E-state index in [1.807, 2.05) is 6.92 Å². The smallest absolute Gasteiger partial charge is 0.267 e. The van der Waals surface area contributed by atoms with E-state index in [0.717, 1.165) is 23.3 Å². The maximum atomic E-state index is 13.7. The summed E-state index contributed by atoms with van der Waals surface area (Å²) < 4.78 is 53.8. The minimum absolute atomic E-state index is 0.185. The zero-order valence-corrected chi connectivity index (χ0v) is 12.3. The first-order valence-corrected chi connectivity index (χ1v) is 7.53. The molecule has 0 saturated heterocycles. The number of rotatable bonds is 3. The molecule has 0 aromatic heterocycles. The van der Waals surface area contributed by atoms with Crippen molar-refractivity contribution in [3.8, 4) is 0 Å². The quantitative estimate of drug-likeness (QED) is 0.856. The monoisotopic (exact) mass is 312 g/mol. The second-order valence-corrected chi connectivity index (χ2v) is 6.34. The molecule has 0 fully saturated rings. The van der Waals surface area contributed by atoms with Gasteiger partial charge in [0.25, 0.3) is 10.0 Å². The largest absolute Gasteiger partial charge is 0.399 e. The Bertz CT molecular complexity index is 782. The van der Waals surface area contributed by atoms with Gasteiger partial charge >= 0.3 is 0 Å². The van der Waals surface area contributed by atoms with Crippen molar-refractivity contribution in [2.24, 2.45) is 0 Å². The van der Waals surface area contributed by atoms with Crippen LogP contribution in [0.4, 0.5) is 20.2 Å². The predicted octanol–water partition coefficient (Wildman–Crippen LogP) is 2.96. The Kier molecular flexibility index (Phi) is 3.87. The number of benzene rings is 2. The van der Waals surface area contributed by atoms with Crippen molar-refractivity contribution in [3.05, 3.63) is 53.1 Å². The molecule has 0 heterocycles. The third kappa shape index (κ3) is 3.13. The molecule has 0 radical (unpaired) electrons. The number of anilines is 2. The molecule has 0 spiro atoms. The summed E-state index contributed by atoms with van der Waals surface area (Å²) in [6.45, 7) is 3.67. The second kappa shape index (κ2) is 5.33. The van der Waals surface area contributed by atoms with E-state index in [1.165, 1.54) is 6.07 Å². The lowest BCUT2D eigenvalue weighted by Crippen LogP contribution is -2.17. The van der Waals surface area contributed by atoms with Crippen molar-refractivity contribution in [1.82, 2.24) is 0 Å². The van der Waals surface area contributed by atoms with E-state index in [2.05, 4.69) is 4.72 Å². The molecule has 0 aliphatic rings. The highest BCUT2D eigenvalue weighted by molar-refractivity contribution is 7.92. The van der Waals surface area contributed by atoms with Crippen LogP contribution in [0.5, 0.6) is 0 Å². The first-order chi connectivity index (χ1) is 9.70. The van der Waals surface area contributed by atoms with Crippen LogP contribution in [0.25, 0.3) is 0 Å². The van der Waals surface area contributed by atoms with Crippen molar-refractivity contribution in [2.75, 3.05) is 10.5 Å². The molecule has 0 aliphatic carbocycles. The maximum absolute atomic E-state index is 13.7. The number of hydrogen-bond acceptors (Lipinski definition) is 3. The zero-order chi connectivity index (χ0) is 15.8. The number of nitrogen functional groups attached to an aromatic ring is 1. The van der Waals surface area contributed by atoms with Crippen molar-refractivity contribution in [2.45, 2.75) is 18.7 Å². The van der Waals surface area contributed by atoms with Gasteiger partial charge in [0, 0.05) is 11.4 Å². The van der Waals surface area contributed by atoms with Gasteiger partial charge in [0.2, 0.25) is 0 Å². The number of sulfonamides is 1. The van der Waals surface area contributed by atoms with Gasteiger partial charge in [-0.1, -0.05) is 6.07 Å². The molecule has 2 rings (SSSR count). The van der Waals surface area contributed by atoms with Crippen LogP contribution in [0, 0.1) is 25.5 Å². The standard InChI is InChI=1S/C14H14F2N2O2S/c1-8-3-4-11(5-9(8)2)18-21(19,20)14-12(15)6-10(17)7-13(14)16/h3-7,18H,17H2,1-2H3. The van der Waals surface area contributed by atoms with Gasteiger partial charge in [0.15, 0.2) is 4.90 Å². The van der Waals surface area contributed by atoms with E-state index in [-0.39, 0.29) is 11.4 Å². The van der Waals surface area contributed by atoms with Crippen LogP contribution in [0.15, 0.2) is 35.2 Å². The lowest BCUT2D eigenvalue weighted by molar-refractivity contribution is 0.522. The third-order valence-corrected chi connectivity index (χ3v) is 4.48. The summed E-state index contributed by atoms with van der Waals surface area (Å²) in [6, 6.07) is 6.34. The summed E-state index contributed by atoms with van der Waals surface area (Å²) in [5, 5.41) is 0. The SMILES string of the molecule is Cc1ccc(NS(=O)(=O)c2c(F)cc(N)cc2F)cc1C. The lowest BCUT2D eigenvalue weighted by Gasteiger charge is -2.11. The predicted molar refractivity (Wildman–Crippen MR) is 77.5 cm³/mol. The van der Waals surface area contributed by atoms with Crippen molar-refractivity contribution in [1.29, 1.82) is 0 Å². The Morgan fingerprint density at radius 2 is 1.57 bits per heavy atom. The van der Waals surface area contributed by atoms with Gasteiger partial charge in [-0.05, 0) is 49.2 Å². The fraction of sp³-hybridized carbons (Fsp3) is 0.143. The summed E-state index contributed by atoms with van der Waals surface area (Å²) >= 11 is 0. The molecule has 0 saturated carbocycles. The molecular weight excluding hydrogens is 298 g/mol. The molecule has 3 N–H and O–H groups in total. The highest BCUT2D eigenvalue weighted by atomic mass is 32.2. The third-order valence-electron chi connectivity index (χ3n) is 3.05. The van der Waals surface area contributed by atoms with Gasteiger partial charge in [0.1, 0.15) is 11.6 Å². The van der Waals surface area contributed by atoms with E-state index in [9.17, 15) is 17.2 Å². The Morgan fingerprint density at radius 1 is 1.00 bits per heavy atom. The van der Waals surface area contributed by atoms with E-state index in [0.29, 0.717) is 0 Å². The molecule has 0 amide bonds. The van der Waals surface area contributed by atoms with Crippen LogP contribution in [-0.2, 0) is 10.0 Å². The molecule has 0 aliphatic heterocycles. The molecule has 7 heteroatoms. The molecule has 2 aromatic carbocycles. The first-order valence-electron chi connectivity index (χ1n) is 6.05. The van der Waals surface area contributed by atoms with Crippen LogP contribution >= 0.6 is 0 Å². The molecule has 0 bridgehead atoms. The molecule has 21 heavy (non-hydrogen) atoms. The maximum Gasteiger partial charge on any atom is 0.267 e. The molecule has 0 unspecified atom stereocenters. The van der Waals surface area contributed by atoms with Crippen LogP contribution in [0.3, 0.4) is 0 Å². The fourth-order valence-corrected chi connectivity index (χ4v) is 3.02. The zero-order valence-electron chi connectivity index (χ0n) is 11.4. The van der Waals surface area contributed by atoms with Crippen LogP contribution in [0.1, 0.15) is 11.1 Å². The number of aryl methyl sites for hydroxylation is 2. The van der Waals surface area contributed by atoms with Gasteiger partial charge in [-0.25, -0.2) is 17.2 Å². The summed E-state index contributed by atoms with van der Waals surface area (Å²) in [5.41, 5.74) is 7.14. The highest BCUT2D eigenvalue weighted by Crippen LogP contribution is 2.25. The van der Waals surface area contributed by atoms with Crippen LogP contribution in [0.2, 0.25) is 0 Å². The normalized spacial score (nSPS) is 11.4. The topological polar surface area (TPSA) is 72.2 Å². The van der Waals surface area contributed by atoms with Gasteiger partial charge in [-0.3, -0.25) is 4.72 Å². The minimum atomic E-state index is -4.38. The van der Waals surface area contributed by atoms with Crippen LogP contribution < -0.4 is 10.5 Å². The van der Waals surface area contributed by atoms with E-state index >= 15 is 0 Å². The summed E-state index contributed by atoms with van der Waals surface area (Å²) in [6.07, 6.45) is 0. The number of nitrogens with one attached hydrogen (secondary N) is 1. The van der Waals surface area contributed by atoms with Gasteiger partial charge < -0.3 is 5.73 Å². The van der Waals surface area contributed by atoms with E-state index < -0.39 is 26.6 Å². The minimum Gasteiger partial charge on any atom is -0.399 e. The molecule has 0 atom stereocenters. The van der Waals surface area contributed by atoms with Gasteiger partial charge in [0.05, 0.1) is 0 Å². The molecule has 2 aromatic rings. The van der Waals surface area contributed by atoms with Gasteiger partial charge in [-0.15, -0.1) is 0 Å². The Morgan fingerprint density at radius 3 is 2.10 bits per heavy atom. The fourth-order valence-electron chi connectivity index (χ4n) is 1.85. The Balaban J connectivity index is 2.46. The lowest BCUT2D eigenvalue weighted by atomic mass is 10.1. The van der Waals surface area contributed by atoms with E-state index in [4.69, 9.17) is 5.73 Å². The Labute approximate surface area is 121 Å². The number of halogens is 2. The second-order valence-electron chi connectivity index (χ2n) is 4.72. The molecule has 112 valence electrons. The van der Waals surface area contributed by atoms with Crippen LogP contribution in [-0.4, -0.2) is 8.42 Å². The first kappa shape index (κ1) is 15.2. The summed E-state index contributed by atoms with van der Waals surface area (Å²) in [5.74, 6) is -2.47. The van der Waals surface area contributed by atoms with Crippen molar-refractivity contribution < 1.29 is 17.2 Å². The average molecular weight is 312 g/mol. The van der Waals surface area contributed by atoms with Crippen molar-refractivity contribution in [3.63, 3.8) is 0 Å². The van der Waals surface area contributed by atoms with Crippen molar-refractivity contribution >= 4 is 21.4 Å². The van der Waals surface area contributed by atoms with E-state index in [1.54, 1.807) is 19.1 Å².